The summed E-state index contributed by atoms with van der Waals surface area (Å²) in [5.41, 5.74) is -0.121. The van der Waals surface area contributed by atoms with Crippen molar-refractivity contribution in [3.63, 3.8) is 0 Å². The van der Waals surface area contributed by atoms with E-state index in [0.29, 0.717) is 22.6 Å². The molecule has 0 atom stereocenters. The molecule has 0 fully saturated rings. The van der Waals surface area contributed by atoms with Gasteiger partial charge in [-0.25, -0.2) is 4.98 Å². The first-order valence-electron chi connectivity index (χ1n) is 8.90. The van der Waals surface area contributed by atoms with Crippen LogP contribution in [0.15, 0.2) is 47.8 Å². The molecule has 0 radical (unpaired) electrons. The number of rotatable bonds is 5. The third-order valence-corrected chi connectivity index (χ3v) is 5.06. The fourth-order valence-corrected chi connectivity index (χ4v) is 3.46. The molecule has 2 aromatic carbocycles. The average Bonchev–Trinajstić information content (AvgIpc) is 3.40. The Morgan fingerprint density at radius 1 is 1.06 bits per heavy atom. The number of halogens is 3. The van der Waals surface area contributed by atoms with Gasteiger partial charge in [0.05, 0.1) is 5.56 Å². The van der Waals surface area contributed by atoms with Gasteiger partial charge in [0.25, 0.3) is 11.8 Å². The lowest BCUT2D eigenvalue weighted by Gasteiger charge is -2.09. The summed E-state index contributed by atoms with van der Waals surface area (Å²) < 4.78 is 48.8. The molecule has 0 bridgehead atoms. The molecule has 0 aliphatic carbocycles. The van der Waals surface area contributed by atoms with Gasteiger partial charge in [0.15, 0.2) is 16.6 Å². The van der Waals surface area contributed by atoms with Crippen LogP contribution in [-0.4, -0.2) is 23.6 Å². The topological polar surface area (TPSA) is 89.6 Å². The smallest absolute Gasteiger partial charge is 0.416 e. The van der Waals surface area contributed by atoms with Crippen LogP contribution in [0.2, 0.25) is 0 Å². The van der Waals surface area contributed by atoms with Gasteiger partial charge >= 0.3 is 6.18 Å². The van der Waals surface area contributed by atoms with Crippen molar-refractivity contribution in [3.8, 4) is 11.5 Å². The Hall–Kier alpha value is -3.60. The molecule has 2 heterocycles. The van der Waals surface area contributed by atoms with E-state index in [2.05, 4.69) is 15.6 Å². The number of aromatic nitrogens is 1. The number of ether oxygens (including phenoxy) is 2. The number of anilines is 1. The van der Waals surface area contributed by atoms with Crippen LogP contribution in [-0.2, 0) is 12.7 Å². The van der Waals surface area contributed by atoms with Gasteiger partial charge in [0.1, 0.15) is 5.69 Å². The van der Waals surface area contributed by atoms with Crippen molar-refractivity contribution in [1.82, 2.24) is 10.3 Å². The van der Waals surface area contributed by atoms with Crippen molar-refractivity contribution >= 4 is 28.3 Å². The molecule has 160 valence electrons. The van der Waals surface area contributed by atoms with Crippen LogP contribution in [0.3, 0.4) is 0 Å². The molecule has 0 saturated carbocycles. The zero-order valence-electron chi connectivity index (χ0n) is 15.7. The number of carbonyl (C=O) groups is 2. The number of carbonyl (C=O) groups excluding carboxylic acids is 2. The second-order valence-corrected chi connectivity index (χ2v) is 7.30. The van der Waals surface area contributed by atoms with Crippen molar-refractivity contribution < 1.29 is 32.2 Å². The van der Waals surface area contributed by atoms with Crippen molar-refractivity contribution in [2.24, 2.45) is 0 Å². The molecule has 1 aliphatic heterocycles. The fraction of sp³-hybridized carbons (Fsp3) is 0.150. The van der Waals surface area contributed by atoms with Crippen LogP contribution in [0.25, 0.3) is 0 Å². The zero-order valence-corrected chi connectivity index (χ0v) is 16.5. The largest absolute Gasteiger partial charge is 0.454 e. The van der Waals surface area contributed by atoms with E-state index in [4.69, 9.17) is 9.47 Å². The predicted molar refractivity (Wildman–Crippen MR) is 105 cm³/mol. The van der Waals surface area contributed by atoms with Gasteiger partial charge in [0.2, 0.25) is 6.79 Å². The molecule has 0 saturated heterocycles. The minimum atomic E-state index is -4.46. The molecular formula is C20H14F3N3O4S. The number of amides is 2. The molecule has 11 heteroatoms. The molecule has 0 unspecified atom stereocenters. The van der Waals surface area contributed by atoms with Crippen LogP contribution in [0.1, 0.15) is 32.0 Å². The zero-order chi connectivity index (χ0) is 22.0. The lowest BCUT2D eigenvalue weighted by atomic mass is 10.1. The highest BCUT2D eigenvalue weighted by Gasteiger charge is 2.30. The van der Waals surface area contributed by atoms with Gasteiger partial charge in [-0.2, -0.15) is 13.2 Å². The summed E-state index contributed by atoms with van der Waals surface area (Å²) in [6, 6.07) is 9.41. The van der Waals surface area contributed by atoms with Gasteiger partial charge in [-0.1, -0.05) is 12.1 Å². The molecule has 0 spiro atoms. The Labute approximate surface area is 177 Å². The molecule has 1 aromatic heterocycles. The minimum Gasteiger partial charge on any atom is -0.454 e. The van der Waals surface area contributed by atoms with E-state index < -0.39 is 23.6 Å². The van der Waals surface area contributed by atoms with Gasteiger partial charge in [0, 0.05) is 17.5 Å². The normalized spacial score (nSPS) is 12.5. The Bertz CT molecular complexity index is 1150. The Balaban J connectivity index is 1.36. The summed E-state index contributed by atoms with van der Waals surface area (Å²) in [4.78, 5) is 28.7. The molecule has 1 aliphatic rings. The van der Waals surface area contributed by atoms with Crippen molar-refractivity contribution in [1.29, 1.82) is 0 Å². The number of nitrogens with one attached hydrogen (secondary N) is 2. The van der Waals surface area contributed by atoms with E-state index in [9.17, 15) is 22.8 Å². The summed E-state index contributed by atoms with van der Waals surface area (Å²) in [6.45, 7) is -0.00890. The number of alkyl halides is 3. The average molecular weight is 449 g/mol. The number of hydrogen-bond acceptors (Lipinski definition) is 6. The van der Waals surface area contributed by atoms with E-state index in [1.165, 1.54) is 23.6 Å². The second-order valence-electron chi connectivity index (χ2n) is 6.44. The second kappa shape index (κ2) is 8.26. The molecule has 2 N–H and O–H groups in total. The third-order valence-electron chi connectivity index (χ3n) is 4.30. The molecule has 3 aromatic rings. The highest BCUT2D eigenvalue weighted by Crippen LogP contribution is 2.33. The van der Waals surface area contributed by atoms with Crippen LogP contribution >= 0.6 is 11.3 Å². The molecule has 31 heavy (non-hydrogen) atoms. The molecular weight excluding hydrogens is 435 g/mol. The molecule has 2 amide bonds. The van der Waals surface area contributed by atoms with Gasteiger partial charge in [-0.3, -0.25) is 14.9 Å². The number of benzene rings is 2. The quantitative estimate of drug-likeness (QED) is 0.613. The van der Waals surface area contributed by atoms with Crippen molar-refractivity contribution in [2.45, 2.75) is 12.7 Å². The van der Waals surface area contributed by atoms with Crippen LogP contribution in [0.4, 0.5) is 18.3 Å². The maximum atomic E-state index is 12.8. The highest BCUT2D eigenvalue weighted by atomic mass is 32.1. The number of hydrogen-bond donors (Lipinski definition) is 2. The third kappa shape index (κ3) is 4.77. The van der Waals surface area contributed by atoms with E-state index in [-0.39, 0.29) is 24.2 Å². The van der Waals surface area contributed by atoms with Crippen molar-refractivity contribution in [3.05, 3.63) is 70.2 Å². The van der Waals surface area contributed by atoms with E-state index in [0.717, 1.165) is 23.5 Å². The van der Waals surface area contributed by atoms with Crippen LogP contribution in [0, 0.1) is 0 Å². The summed E-state index contributed by atoms with van der Waals surface area (Å²) in [5.74, 6) is -0.00668. The lowest BCUT2D eigenvalue weighted by molar-refractivity contribution is -0.137. The first kappa shape index (κ1) is 20.7. The fourth-order valence-electron chi connectivity index (χ4n) is 2.77. The Kier molecular flexibility index (Phi) is 5.51. The van der Waals surface area contributed by atoms with E-state index in [1.54, 1.807) is 12.1 Å². The summed E-state index contributed by atoms with van der Waals surface area (Å²) in [7, 11) is 0. The monoisotopic (exact) mass is 449 g/mol. The van der Waals surface area contributed by atoms with Crippen LogP contribution in [0.5, 0.6) is 11.5 Å². The van der Waals surface area contributed by atoms with Gasteiger partial charge in [-0.05, 0) is 35.9 Å². The summed E-state index contributed by atoms with van der Waals surface area (Å²) in [6.07, 6.45) is -4.46. The number of nitrogens with zero attached hydrogens (tertiary/aromatic N) is 1. The molecule has 7 nitrogen and oxygen atoms in total. The van der Waals surface area contributed by atoms with Gasteiger partial charge < -0.3 is 14.8 Å². The number of fused-ring (bicyclic) bond motifs is 1. The molecule has 4 rings (SSSR count). The Morgan fingerprint density at radius 2 is 1.87 bits per heavy atom. The lowest BCUT2D eigenvalue weighted by Crippen LogP contribution is -2.23. The predicted octanol–water partition coefficient (Wildman–Crippen LogP) is 4.07. The first-order valence-corrected chi connectivity index (χ1v) is 9.78. The minimum absolute atomic E-state index is 0.0398. The standard InChI is InChI=1S/C20H14F3N3O4S/c21-20(22,23)13-3-1-2-11(6-13)8-24-18(28)14-9-31-19(25-14)26-17(27)12-4-5-15-16(7-12)30-10-29-15/h1-7,9H,8,10H2,(H,24,28)(H,25,26,27). The summed E-state index contributed by atoms with van der Waals surface area (Å²) >= 11 is 1.05. The first-order chi connectivity index (χ1) is 14.8. The van der Waals surface area contributed by atoms with E-state index in [1.807, 2.05) is 0 Å². The highest BCUT2D eigenvalue weighted by molar-refractivity contribution is 7.14. The number of thiazole rings is 1. The van der Waals surface area contributed by atoms with E-state index >= 15 is 0 Å². The maximum absolute atomic E-state index is 12.8. The van der Waals surface area contributed by atoms with Gasteiger partial charge in [-0.15, -0.1) is 11.3 Å². The van der Waals surface area contributed by atoms with Crippen molar-refractivity contribution in [2.75, 3.05) is 12.1 Å². The Morgan fingerprint density at radius 3 is 2.68 bits per heavy atom. The maximum Gasteiger partial charge on any atom is 0.416 e. The SMILES string of the molecule is O=C(Nc1nc(C(=O)NCc2cccc(C(F)(F)F)c2)cs1)c1ccc2c(c1)OCO2. The summed E-state index contributed by atoms with van der Waals surface area (Å²) in [5, 5.41) is 6.75. The van der Waals surface area contributed by atoms with Crippen LogP contribution < -0.4 is 20.1 Å².